The molecule has 5 N–H and O–H groups in total. The molecule has 3 unspecified atom stereocenters. The number of hydrogen-bond acceptors (Lipinski definition) is 7. The van der Waals surface area contributed by atoms with Crippen molar-refractivity contribution in [3.8, 4) is 0 Å². The zero-order valence-electron chi connectivity index (χ0n) is 14.6. The number of amides is 3. The lowest BCUT2D eigenvalue weighted by Crippen LogP contribution is -2.53. The van der Waals surface area contributed by atoms with E-state index in [1.165, 1.54) is 16.7 Å². The van der Waals surface area contributed by atoms with Crippen molar-refractivity contribution in [1.82, 2.24) is 15.5 Å². The quantitative estimate of drug-likeness (QED) is 0.283. The van der Waals surface area contributed by atoms with Gasteiger partial charge in [-0.3, -0.25) is 14.4 Å². The number of aliphatic carboxylic acids is 1. The van der Waals surface area contributed by atoms with Crippen molar-refractivity contribution >= 4 is 48.1 Å². The van der Waals surface area contributed by atoms with Crippen molar-refractivity contribution in [2.24, 2.45) is 5.73 Å². The fourth-order valence-corrected chi connectivity index (χ4v) is 3.21. The summed E-state index contributed by atoms with van der Waals surface area (Å²) in [6.07, 6.45) is 3.25. The molecule has 1 rings (SSSR count). The van der Waals surface area contributed by atoms with Crippen LogP contribution in [0, 0.1) is 0 Å². The van der Waals surface area contributed by atoms with Gasteiger partial charge in [-0.2, -0.15) is 24.4 Å². The van der Waals surface area contributed by atoms with Gasteiger partial charge in [0.05, 0.1) is 12.6 Å². The first-order valence-corrected chi connectivity index (χ1v) is 10.3. The van der Waals surface area contributed by atoms with E-state index in [4.69, 9.17) is 5.73 Å². The van der Waals surface area contributed by atoms with Crippen molar-refractivity contribution in [3.05, 3.63) is 0 Å². The normalized spacial score (nSPS) is 18.9. The SMILES string of the molecule is CSCCC(NC(=O)C1CCCN1C(=O)CNC(=O)C(N)CS)C(=O)O. The summed E-state index contributed by atoms with van der Waals surface area (Å²) in [6.45, 7) is 0.118. The zero-order chi connectivity index (χ0) is 19.7. The van der Waals surface area contributed by atoms with E-state index in [-0.39, 0.29) is 12.3 Å². The van der Waals surface area contributed by atoms with Crippen LogP contribution in [0.2, 0.25) is 0 Å². The fraction of sp³-hybridized carbons (Fsp3) is 0.733. The summed E-state index contributed by atoms with van der Waals surface area (Å²) >= 11 is 5.41. The molecule has 0 aliphatic carbocycles. The Bertz CT molecular complexity index is 534. The van der Waals surface area contributed by atoms with Crippen LogP contribution in [0.25, 0.3) is 0 Å². The third kappa shape index (κ3) is 6.69. The molecule has 0 aromatic carbocycles. The van der Waals surface area contributed by atoms with Crippen LogP contribution in [-0.4, -0.2) is 82.7 Å². The molecule has 0 saturated carbocycles. The number of hydrogen-bond donors (Lipinski definition) is 5. The topological polar surface area (TPSA) is 142 Å². The molecule has 1 aliphatic heterocycles. The molecule has 0 bridgehead atoms. The number of carbonyl (C=O) groups excluding carboxylic acids is 3. The molecule has 0 spiro atoms. The molecule has 148 valence electrons. The summed E-state index contributed by atoms with van der Waals surface area (Å²) in [5, 5.41) is 14.1. The molecule has 1 aliphatic rings. The second kappa shape index (κ2) is 11.3. The van der Waals surface area contributed by atoms with Gasteiger partial charge in [0.15, 0.2) is 0 Å². The van der Waals surface area contributed by atoms with E-state index in [0.717, 1.165) is 0 Å². The molecule has 1 saturated heterocycles. The Balaban J connectivity index is 2.62. The van der Waals surface area contributed by atoms with Gasteiger partial charge in [-0.25, -0.2) is 4.79 Å². The summed E-state index contributed by atoms with van der Waals surface area (Å²) in [4.78, 5) is 49.0. The van der Waals surface area contributed by atoms with Crippen LogP contribution >= 0.6 is 24.4 Å². The van der Waals surface area contributed by atoms with Crippen molar-refractivity contribution in [3.63, 3.8) is 0 Å². The molecule has 3 amide bonds. The predicted octanol–water partition coefficient (Wildman–Crippen LogP) is -1.33. The summed E-state index contributed by atoms with van der Waals surface area (Å²) in [6, 6.07) is -2.52. The maximum absolute atomic E-state index is 12.4. The van der Waals surface area contributed by atoms with E-state index in [1.807, 2.05) is 6.26 Å². The van der Waals surface area contributed by atoms with Crippen LogP contribution in [0.1, 0.15) is 19.3 Å². The third-order valence-corrected chi connectivity index (χ3v) is 5.09. The Morgan fingerprint density at radius 3 is 2.65 bits per heavy atom. The monoisotopic (exact) mass is 406 g/mol. The minimum absolute atomic E-state index is 0.154. The van der Waals surface area contributed by atoms with Crippen LogP contribution in [0.15, 0.2) is 0 Å². The summed E-state index contributed by atoms with van der Waals surface area (Å²) in [7, 11) is 0. The number of carboxylic acids is 1. The average Bonchev–Trinajstić information content (AvgIpc) is 3.11. The van der Waals surface area contributed by atoms with Crippen LogP contribution < -0.4 is 16.4 Å². The predicted molar refractivity (Wildman–Crippen MR) is 102 cm³/mol. The maximum Gasteiger partial charge on any atom is 0.326 e. The largest absolute Gasteiger partial charge is 0.480 e. The number of nitrogens with zero attached hydrogens (tertiary/aromatic N) is 1. The van der Waals surface area contributed by atoms with E-state index in [2.05, 4.69) is 23.3 Å². The van der Waals surface area contributed by atoms with Crippen LogP contribution in [0.3, 0.4) is 0 Å². The maximum atomic E-state index is 12.4. The molecule has 0 aromatic rings. The second-order valence-electron chi connectivity index (χ2n) is 5.93. The minimum Gasteiger partial charge on any atom is -0.480 e. The molecule has 0 aromatic heterocycles. The highest BCUT2D eigenvalue weighted by Crippen LogP contribution is 2.18. The van der Waals surface area contributed by atoms with Crippen molar-refractivity contribution < 1.29 is 24.3 Å². The van der Waals surface area contributed by atoms with Crippen LogP contribution in [0.5, 0.6) is 0 Å². The number of carbonyl (C=O) groups is 4. The van der Waals surface area contributed by atoms with Gasteiger partial charge in [0.1, 0.15) is 12.1 Å². The third-order valence-electron chi connectivity index (χ3n) is 4.05. The minimum atomic E-state index is -1.10. The highest BCUT2D eigenvalue weighted by Gasteiger charge is 2.35. The number of thiol groups is 1. The van der Waals surface area contributed by atoms with Crippen LogP contribution in [0.4, 0.5) is 0 Å². The Morgan fingerprint density at radius 1 is 1.38 bits per heavy atom. The van der Waals surface area contributed by atoms with Gasteiger partial charge in [-0.1, -0.05) is 0 Å². The van der Waals surface area contributed by atoms with Gasteiger partial charge in [0.2, 0.25) is 17.7 Å². The van der Waals surface area contributed by atoms with Gasteiger partial charge in [-0.15, -0.1) is 0 Å². The van der Waals surface area contributed by atoms with E-state index >= 15 is 0 Å². The van der Waals surface area contributed by atoms with Crippen molar-refractivity contribution in [2.75, 3.05) is 30.9 Å². The zero-order valence-corrected chi connectivity index (χ0v) is 16.4. The second-order valence-corrected chi connectivity index (χ2v) is 7.28. The number of nitrogens with one attached hydrogen (secondary N) is 2. The molecule has 11 heteroatoms. The smallest absolute Gasteiger partial charge is 0.326 e. The van der Waals surface area contributed by atoms with Gasteiger partial charge >= 0.3 is 5.97 Å². The summed E-state index contributed by atoms with van der Waals surface area (Å²) < 4.78 is 0. The number of nitrogens with two attached hydrogens (primary N) is 1. The molecule has 0 radical (unpaired) electrons. The van der Waals surface area contributed by atoms with Gasteiger partial charge in [-0.05, 0) is 31.3 Å². The first-order chi connectivity index (χ1) is 12.3. The van der Waals surface area contributed by atoms with E-state index in [9.17, 15) is 24.3 Å². The summed E-state index contributed by atoms with van der Waals surface area (Å²) in [5.74, 6) is -1.72. The molecule has 1 heterocycles. The molecule has 9 nitrogen and oxygen atoms in total. The lowest BCUT2D eigenvalue weighted by atomic mass is 10.1. The number of carboxylic acid groups (broad SMARTS) is 1. The van der Waals surface area contributed by atoms with E-state index < -0.39 is 41.8 Å². The highest BCUT2D eigenvalue weighted by atomic mass is 32.2. The lowest BCUT2D eigenvalue weighted by Gasteiger charge is -2.25. The lowest BCUT2D eigenvalue weighted by molar-refractivity contribution is -0.144. The molecule has 3 atom stereocenters. The molecular formula is C15H26N4O5S2. The van der Waals surface area contributed by atoms with Gasteiger partial charge in [0, 0.05) is 12.3 Å². The van der Waals surface area contributed by atoms with Crippen molar-refractivity contribution in [2.45, 2.75) is 37.4 Å². The Labute approximate surface area is 162 Å². The van der Waals surface area contributed by atoms with Gasteiger partial charge < -0.3 is 26.4 Å². The van der Waals surface area contributed by atoms with E-state index in [0.29, 0.717) is 31.6 Å². The highest BCUT2D eigenvalue weighted by molar-refractivity contribution is 7.98. The first-order valence-electron chi connectivity index (χ1n) is 8.27. The fourth-order valence-electron chi connectivity index (χ4n) is 2.58. The van der Waals surface area contributed by atoms with E-state index in [1.54, 1.807) is 0 Å². The Hall–Kier alpha value is -1.46. The molecule has 1 fully saturated rings. The number of thioether (sulfide) groups is 1. The van der Waals surface area contributed by atoms with Gasteiger partial charge in [0.25, 0.3) is 0 Å². The Kier molecular flexibility index (Phi) is 9.81. The number of rotatable bonds is 10. The Morgan fingerprint density at radius 2 is 2.08 bits per heavy atom. The van der Waals surface area contributed by atoms with Crippen LogP contribution in [-0.2, 0) is 19.2 Å². The van der Waals surface area contributed by atoms with Crippen molar-refractivity contribution in [1.29, 1.82) is 0 Å². The first kappa shape index (κ1) is 22.6. The number of likely N-dealkylation sites (tertiary alicyclic amines) is 1. The standard InChI is InChI=1S/C15H26N4O5S2/c1-26-6-4-10(15(23)24)18-14(22)11-3-2-5-19(11)12(20)7-17-13(21)9(16)8-25/h9-11,25H,2-8,16H2,1H3,(H,17,21)(H,18,22)(H,23,24). The molecular weight excluding hydrogens is 380 g/mol. The average molecular weight is 407 g/mol. The summed E-state index contributed by atoms with van der Waals surface area (Å²) in [5.41, 5.74) is 5.52. The molecule has 26 heavy (non-hydrogen) atoms.